The molecule has 132 valence electrons. The van der Waals surface area contributed by atoms with Crippen molar-refractivity contribution in [2.75, 3.05) is 31.1 Å². The van der Waals surface area contributed by atoms with Gasteiger partial charge in [0.15, 0.2) is 0 Å². The number of hydrogen-bond donors (Lipinski definition) is 0. The standard InChI is InChI=1S/C21H26FN3/c1-14-10-17(4)20(11-15(14)2)25-8-6-24(7-9-25)18(5)19-13-23-21(22)12-16(19)3/h10-13H,5-9H2,1-4H3. The molecule has 3 rings (SSSR count). The number of hydrogen-bond acceptors (Lipinski definition) is 3. The van der Waals surface area contributed by atoms with Crippen molar-refractivity contribution in [1.82, 2.24) is 9.88 Å². The van der Waals surface area contributed by atoms with Crippen molar-refractivity contribution in [3.8, 4) is 0 Å². The summed E-state index contributed by atoms with van der Waals surface area (Å²) in [5, 5.41) is 0. The molecule has 0 bridgehead atoms. The quantitative estimate of drug-likeness (QED) is 0.780. The molecule has 0 N–H and O–H groups in total. The van der Waals surface area contributed by atoms with Crippen molar-refractivity contribution in [3.05, 3.63) is 64.7 Å². The average molecular weight is 339 g/mol. The van der Waals surface area contributed by atoms with E-state index in [2.05, 4.69) is 54.3 Å². The second-order valence-corrected chi connectivity index (χ2v) is 6.97. The van der Waals surface area contributed by atoms with Crippen LogP contribution in [0.1, 0.15) is 27.8 Å². The van der Waals surface area contributed by atoms with Gasteiger partial charge in [-0.2, -0.15) is 4.39 Å². The highest BCUT2D eigenvalue weighted by Gasteiger charge is 2.21. The lowest BCUT2D eigenvalue weighted by atomic mass is 10.0. The van der Waals surface area contributed by atoms with E-state index < -0.39 is 5.95 Å². The maximum atomic E-state index is 13.2. The van der Waals surface area contributed by atoms with Crippen molar-refractivity contribution in [2.24, 2.45) is 0 Å². The minimum atomic E-state index is -0.441. The Labute approximate surface area is 149 Å². The molecule has 0 spiro atoms. The molecule has 3 nitrogen and oxygen atoms in total. The monoisotopic (exact) mass is 339 g/mol. The molecule has 0 saturated carbocycles. The maximum absolute atomic E-state index is 13.2. The highest BCUT2D eigenvalue weighted by molar-refractivity contribution is 5.65. The van der Waals surface area contributed by atoms with Gasteiger partial charge in [-0.15, -0.1) is 0 Å². The van der Waals surface area contributed by atoms with Crippen LogP contribution in [0.5, 0.6) is 0 Å². The van der Waals surface area contributed by atoms with Gasteiger partial charge in [0.1, 0.15) is 0 Å². The first-order valence-electron chi connectivity index (χ1n) is 8.76. The number of pyridine rings is 1. The van der Waals surface area contributed by atoms with E-state index in [4.69, 9.17) is 0 Å². The van der Waals surface area contributed by atoms with E-state index in [1.807, 2.05) is 6.92 Å². The largest absolute Gasteiger partial charge is 0.368 e. The van der Waals surface area contributed by atoms with Gasteiger partial charge >= 0.3 is 0 Å². The number of halogens is 1. The summed E-state index contributed by atoms with van der Waals surface area (Å²) in [5.41, 5.74) is 8.07. The minimum Gasteiger partial charge on any atom is -0.368 e. The predicted octanol–water partition coefficient (Wildman–Crippen LogP) is 4.25. The van der Waals surface area contributed by atoms with Crippen molar-refractivity contribution < 1.29 is 4.39 Å². The molecule has 2 aromatic rings. The van der Waals surface area contributed by atoms with Crippen molar-refractivity contribution in [3.63, 3.8) is 0 Å². The molecule has 0 aliphatic carbocycles. The smallest absolute Gasteiger partial charge is 0.213 e. The lowest BCUT2D eigenvalue weighted by Gasteiger charge is -2.39. The molecule has 1 fully saturated rings. The number of nitrogens with zero attached hydrogens (tertiary/aromatic N) is 3. The first-order chi connectivity index (χ1) is 11.9. The summed E-state index contributed by atoms with van der Waals surface area (Å²) >= 11 is 0. The number of piperazine rings is 1. The van der Waals surface area contributed by atoms with Crippen LogP contribution in [0.25, 0.3) is 5.70 Å². The summed E-state index contributed by atoms with van der Waals surface area (Å²) in [6.45, 7) is 16.4. The maximum Gasteiger partial charge on any atom is 0.213 e. The van der Waals surface area contributed by atoms with Gasteiger partial charge in [0, 0.05) is 49.3 Å². The molecule has 1 aromatic carbocycles. The highest BCUT2D eigenvalue weighted by Crippen LogP contribution is 2.27. The fourth-order valence-corrected chi connectivity index (χ4v) is 3.50. The normalized spacial score (nSPS) is 14.8. The Morgan fingerprint density at radius 1 is 0.920 bits per heavy atom. The number of anilines is 1. The van der Waals surface area contributed by atoms with E-state index in [1.54, 1.807) is 6.20 Å². The van der Waals surface area contributed by atoms with Gasteiger partial charge in [-0.1, -0.05) is 12.6 Å². The van der Waals surface area contributed by atoms with E-state index in [0.29, 0.717) is 0 Å². The average Bonchev–Trinajstić information content (AvgIpc) is 2.58. The Bertz CT molecular complexity index is 805. The van der Waals surface area contributed by atoms with E-state index in [1.165, 1.54) is 28.4 Å². The Balaban J connectivity index is 1.71. The van der Waals surface area contributed by atoms with E-state index in [0.717, 1.165) is 43.0 Å². The van der Waals surface area contributed by atoms with Gasteiger partial charge in [0.25, 0.3) is 0 Å². The number of rotatable bonds is 3. The van der Waals surface area contributed by atoms with Crippen LogP contribution in [0.3, 0.4) is 0 Å². The number of benzene rings is 1. The number of aromatic nitrogens is 1. The van der Waals surface area contributed by atoms with E-state index in [9.17, 15) is 4.39 Å². The zero-order valence-corrected chi connectivity index (χ0v) is 15.6. The van der Waals surface area contributed by atoms with Gasteiger partial charge in [-0.3, -0.25) is 0 Å². The lowest BCUT2D eigenvalue weighted by Crippen LogP contribution is -2.45. The highest BCUT2D eigenvalue weighted by atomic mass is 19.1. The van der Waals surface area contributed by atoms with Crippen molar-refractivity contribution in [1.29, 1.82) is 0 Å². The number of aryl methyl sites for hydroxylation is 4. The second kappa shape index (κ2) is 6.87. The zero-order chi connectivity index (χ0) is 18.1. The van der Waals surface area contributed by atoms with Crippen LogP contribution in [-0.2, 0) is 0 Å². The summed E-state index contributed by atoms with van der Waals surface area (Å²) < 4.78 is 13.2. The van der Waals surface area contributed by atoms with Gasteiger partial charge < -0.3 is 9.80 Å². The summed E-state index contributed by atoms with van der Waals surface area (Å²) in [5.74, 6) is -0.441. The fraction of sp³-hybridized carbons (Fsp3) is 0.381. The molecule has 0 radical (unpaired) electrons. The molecule has 1 saturated heterocycles. The van der Waals surface area contributed by atoms with Crippen molar-refractivity contribution in [2.45, 2.75) is 27.7 Å². The predicted molar refractivity (Wildman–Crippen MR) is 102 cm³/mol. The molecular formula is C21H26FN3. The van der Waals surface area contributed by atoms with Crippen LogP contribution in [0, 0.1) is 33.6 Å². The van der Waals surface area contributed by atoms with E-state index in [-0.39, 0.29) is 0 Å². The molecule has 4 heteroatoms. The first-order valence-corrected chi connectivity index (χ1v) is 8.76. The summed E-state index contributed by atoms with van der Waals surface area (Å²) in [6.07, 6.45) is 1.59. The Kier molecular flexibility index (Phi) is 4.80. The van der Waals surface area contributed by atoms with Crippen molar-refractivity contribution >= 4 is 11.4 Å². The summed E-state index contributed by atoms with van der Waals surface area (Å²) in [4.78, 5) is 8.50. The van der Waals surface area contributed by atoms with Crippen LogP contribution in [0.4, 0.5) is 10.1 Å². The van der Waals surface area contributed by atoms with Crippen LogP contribution < -0.4 is 4.90 Å². The molecule has 1 aliphatic heterocycles. The SMILES string of the molecule is C=C(c1cnc(F)cc1C)N1CCN(c2cc(C)c(C)cc2C)CC1. The zero-order valence-electron chi connectivity index (χ0n) is 15.6. The van der Waals surface area contributed by atoms with Gasteiger partial charge in [0.2, 0.25) is 5.95 Å². The van der Waals surface area contributed by atoms with Crippen LogP contribution >= 0.6 is 0 Å². The molecule has 2 heterocycles. The Morgan fingerprint density at radius 2 is 1.56 bits per heavy atom. The second-order valence-electron chi connectivity index (χ2n) is 6.97. The van der Waals surface area contributed by atoms with E-state index >= 15 is 0 Å². The molecular weight excluding hydrogens is 313 g/mol. The molecule has 0 unspecified atom stereocenters. The minimum absolute atomic E-state index is 0.441. The summed E-state index contributed by atoms with van der Waals surface area (Å²) in [6, 6.07) is 6.03. The first kappa shape index (κ1) is 17.5. The van der Waals surface area contributed by atoms with Gasteiger partial charge in [-0.25, -0.2) is 4.98 Å². The lowest BCUT2D eigenvalue weighted by molar-refractivity contribution is 0.367. The van der Waals surface area contributed by atoms with Crippen LogP contribution in [0.2, 0.25) is 0 Å². The molecule has 0 amide bonds. The topological polar surface area (TPSA) is 19.4 Å². The van der Waals surface area contributed by atoms with Crippen LogP contribution in [-0.4, -0.2) is 36.1 Å². The third-order valence-corrected chi connectivity index (χ3v) is 5.20. The molecule has 0 atom stereocenters. The third-order valence-electron chi connectivity index (χ3n) is 5.20. The Hall–Kier alpha value is -2.36. The molecule has 1 aromatic heterocycles. The molecule has 25 heavy (non-hydrogen) atoms. The van der Waals surface area contributed by atoms with Gasteiger partial charge in [-0.05, 0) is 62.1 Å². The van der Waals surface area contributed by atoms with Crippen LogP contribution in [0.15, 0.2) is 31.0 Å². The Morgan fingerprint density at radius 3 is 2.20 bits per heavy atom. The molecule has 1 aliphatic rings. The van der Waals surface area contributed by atoms with Gasteiger partial charge in [0.05, 0.1) is 0 Å². The summed E-state index contributed by atoms with van der Waals surface area (Å²) in [7, 11) is 0. The third kappa shape index (κ3) is 3.53. The fourth-order valence-electron chi connectivity index (χ4n) is 3.50.